The van der Waals surface area contributed by atoms with E-state index in [0.29, 0.717) is 0 Å². The van der Waals surface area contributed by atoms with E-state index in [1.54, 1.807) is 6.07 Å². The topological polar surface area (TPSA) is 37.8 Å². The molecule has 3 nitrogen and oxygen atoms in total. The zero-order valence-electron chi connectivity index (χ0n) is 12.2. The molecule has 0 bridgehead atoms. The van der Waals surface area contributed by atoms with Crippen LogP contribution in [0.2, 0.25) is 0 Å². The molecular formula is C16H20FN3. The minimum atomic E-state index is -0.221. The zero-order valence-corrected chi connectivity index (χ0v) is 12.2. The molecule has 2 aromatic rings. The van der Waals surface area contributed by atoms with Crippen molar-refractivity contribution in [1.29, 1.82) is 0 Å². The lowest BCUT2D eigenvalue weighted by atomic mass is 10.1. The molecule has 0 aliphatic carbocycles. The highest BCUT2D eigenvalue weighted by Gasteiger charge is 2.09. The van der Waals surface area contributed by atoms with Crippen molar-refractivity contribution in [3.05, 3.63) is 41.5 Å². The average Bonchev–Trinajstić information content (AvgIpc) is 2.39. The molecule has 2 rings (SSSR count). The molecule has 0 radical (unpaired) electrons. The Bertz CT molecular complexity index is 572. The molecule has 106 valence electrons. The van der Waals surface area contributed by atoms with Gasteiger partial charge in [0, 0.05) is 24.6 Å². The van der Waals surface area contributed by atoms with Gasteiger partial charge in [0.15, 0.2) is 0 Å². The highest BCUT2D eigenvalue weighted by Crippen LogP contribution is 2.24. The first kappa shape index (κ1) is 14.4. The van der Waals surface area contributed by atoms with Crippen LogP contribution in [0.25, 0.3) is 11.3 Å². The number of hydrogen-bond donors (Lipinski definition) is 1. The summed E-state index contributed by atoms with van der Waals surface area (Å²) in [4.78, 5) is 9.08. The third kappa shape index (κ3) is 3.32. The number of nitrogens with zero attached hydrogens (tertiary/aromatic N) is 2. The van der Waals surface area contributed by atoms with E-state index in [0.717, 1.165) is 47.8 Å². The number of hydrogen-bond acceptors (Lipinski definition) is 3. The molecule has 0 saturated carbocycles. The summed E-state index contributed by atoms with van der Waals surface area (Å²) in [6.07, 6.45) is 1.84. The van der Waals surface area contributed by atoms with Crippen LogP contribution in [0, 0.1) is 12.7 Å². The molecule has 1 aromatic heterocycles. The first-order chi connectivity index (χ1) is 9.63. The van der Waals surface area contributed by atoms with Gasteiger partial charge in [-0.05, 0) is 44.0 Å². The maximum Gasteiger partial charge on any atom is 0.131 e. The first-order valence-electron chi connectivity index (χ1n) is 7.02. The van der Waals surface area contributed by atoms with E-state index < -0.39 is 0 Å². The number of halogens is 1. The summed E-state index contributed by atoms with van der Waals surface area (Å²) in [5.41, 5.74) is 2.68. The highest BCUT2D eigenvalue weighted by molar-refractivity contribution is 5.66. The molecule has 0 amide bonds. The predicted octanol–water partition coefficient (Wildman–Crippen LogP) is 3.98. The number of benzene rings is 1. The smallest absolute Gasteiger partial charge is 0.131 e. The predicted molar refractivity (Wildman–Crippen MR) is 80.3 cm³/mol. The van der Waals surface area contributed by atoms with Crippen LogP contribution in [0.15, 0.2) is 24.3 Å². The van der Waals surface area contributed by atoms with Crippen molar-refractivity contribution in [2.75, 3.05) is 11.9 Å². The van der Waals surface area contributed by atoms with Crippen molar-refractivity contribution in [2.24, 2.45) is 0 Å². The molecule has 20 heavy (non-hydrogen) atoms. The number of anilines is 1. The normalized spacial score (nSPS) is 10.6. The van der Waals surface area contributed by atoms with Crippen LogP contribution in [0.4, 0.5) is 10.2 Å². The largest absolute Gasteiger partial charge is 0.370 e. The Morgan fingerprint density at radius 3 is 2.60 bits per heavy atom. The van der Waals surface area contributed by atoms with E-state index in [1.807, 2.05) is 19.9 Å². The fourth-order valence-electron chi connectivity index (χ4n) is 2.16. The second-order valence-electron chi connectivity index (χ2n) is 4.79. The minimum absolute atomic E-state index is 0.221. The molecule has 0 spiro atoms. The summed E-state index contributed by atoms with van der Waals surface area (Å²) >= 11 is 0. The van der Waals surface area contributed by atoms with Gasteiger partial charge in [0.2, 0.25) is 0 Å². The summed E-state index contributed by atoms with van der Waals surface area (Å²) in [5, 5.41) is 3.22. The van der Waals surface area contributed by atoms with Crippen molar-refractivity contribution in [3.8, 4) is 11.3 Å². The van der Waals surface area contributed by atoms with Crippen molar-refractivity contribution in [3.63, 3.8) is 0 Å². The third-order valence-corrected chi connectivity index (χ3v) is 3.07. The summed E-state index contributed by atoms with van der Waals surface area (Å²) in [5.74, 6) is 1.43. The molecule has 0 aliphatic heterocycles. The molecule has 0 unspecified atom stereocenters. The van der Waals surface area contributed by atoms with Crippen LogP contribution >= 0.6 is 0 Å². The Labute approximate surface area is 119 Å². The van der Waals surface area contributed by atoms with Gasteiger partial charge in [0.05, 0.1) is 5.69 Å². The Balaban J connectivity index is 2.48. The quantitative estimate of drug-likeness (QED) is 0.895. The zero-order chi connectivity index (χ0) is 14.5. The Kier molecular flexibility index (Phi) is 4.66. The van der Waals surface area contributed by atoms with Gasteiger partial charge in [-0.3, -0.25) is 0 Å². The van der Waals surface area contributed by atoms with Crippen LogP contribution in [-0.2, 0) is 6.42 Å². The van der Waals surface area contributed by atoms with E-state index in [-0.39, 0.29) is 5.82 Å². The summed E-state index contributed by atoms with van der Waals surface area (Å²) in [6.45, 7) is 6.84. The summed E-state index contributed by atoms with van der Waals surface area (Å²) < 4.78 is 13.2. The maximum atomic E-state index is 13.2. The SMILES string of the molecule is CCCc1nc(NCC)cc(-c2ccc(F)cc2C)n1. The third-order valence-electron chi connectivity index (χ3n) is 3.07. The van der Waals surface area contributed by atoms with Crippen molar-refractivity contribution < 1.29 is 4.39 Å². The molecule has 0 fully saturated rings. The van der Waals surface area contributed by atoms with Crippen LogP contribution in [0.1, 0.15) is 31.7 Å². The van der Waals surface area contributed by atoms with Gasteiger partial charge in [0.1, 0.15) is 17.5 Å². The first-order valence-corrected chi connectivity index (χ1v) is 7.02. The lowest BCUT2D eigenvalue weighted by Crippen LogP contribution is -2.05. The van der Waals surface area contributed by atoms with E-state index in [9.17, 15) is 4.39 Å². The molecule has 0 saturated heterocycles. The number of aromatic nitrogens is 2. The number of rotatable bonds is 5. The Hall–Kier alpha value is -1.97. The van der Waals surface area contributed by atoms with Crippen LogP contribution < -0.4 is 5.32 Å². The molecule has 0 atom stereocenters. The molecule has 1 N–H and O–H groups in total. The minimum Gasteiger partial charge on any atom is -0.370 e. The van der Waals surface area contributed by atoms with Gasteiger partial charge >= 0.3 is 0 Å². The van der Waals surface area contributed by atoms with Gasteiger partial charge in [-0.2, -0.15) is 0 Å². The van der Waals surface area contributed by atoms with E-state index in [1.165, 1.54) is 12.1 Å². The van der Waals surface area contributed by atoms with Crippen molar-refractivity contribution in [2.45, 2.75) is 33.6 Å². The fraction of sp³-hybridized carbons (Fsp3) is 0.375. The average molecular weight is 273 g/mol. The monoisotopic (exact) mass is 273 g/mol. The molecule has 1 heterocycles. The van der Waals surface area contributed by atoms with Crippen LogP contribution in [-0.4, -0.2) is 16.5 Å². The summed E-state index contributed by atoms with van der Waals surface area (Å²) in [7, 11) is 0. The van der Waals surface area contributed by atoms with Crippen LogP contribution in [0.5, 0.6) is 0 Å². The maximum absolute atomic E-state index is 13.2. The van der Waals surface area contributed by atoms with Gasteiger partial charge in [-0.1, -0.05) is 6.92 Å². The van der Waals surface area contributed by atoms with Gasteiger partial charge < -0.3 is 5.32 Å². The van der Waals surface area contributed by atoms with E-state index >= 15 is 0 Å². The Morgan fingerprint density at radius 2 is 1.95 bits per heavy atom. The fourth-order valence-corrected chi connectivity index (χ4v) is 2.16. The van der Waals surface area contributed by atoms with Crippen molar-refractivity contribution in [1.82, 2.24) is 9.97 Å². The molecular weight excluding hydrogens is 253 g/mol. The Morgan fingerprint density at radius 1 is 1.15 bits per heavy atom. The van der Waals surface area contributed by atoms with Crippen LogP contribution in [0.3, 0.4) is 0 Å². The van der Waals surface area contributed by atoms with E-state index in [2.05, 4.69) is 22.2 Å². The second kappa shape index (κ2) is 6.46. The van der Waals surface area contributed by atoms with E-state index in [4.69, 9.17) is 0 Å². The van der Waals surface area contributed by atoms with Gasteiger partial charge in [-0.25, -0.2) is 14.4 Å². The van der Waals surface area contributed by atoms with Gasteiger partial charge in [0.25, 0.3) is 0 Å². The number of aryl methyl sites for hydroxylation is 2. The molecule has 1 aromatic carbocycles. The lowest BCUT2D eigenvalue weighted by Gasteiger charge is -2.10. The van der Waals surface area contributed by atoms with Gasteiger partial charge in [-0.15, -0.1) is 0 Å². The standard InChI is InChI=1S/C16H20FN3/c1-4-6-15-19-14(10-16(20-15)18-5-2)13-8-7-12(17)9-11(13)3/h7-10H,4-6H2,1-3H3,(H,18,19,20). The number of nitrogens with one attached hydrogen (secondary N) is 1. The van der Waals surface area contributed by atoms with Crippen molar-refractivity contribution >= 4 is 5.82 Å². The highest BCUT2D eigenvalue weighted by atomic mass is 19.1. The second-order valence-corrected chi connectivity index (χ2v) is 4.79. The molecule has 4 heteroatoms. The summed E-state index contributed by atoms with van der Waals surface area (Å²) in [6, 6.07) is 6.70. The lowest BCUT2D eigenvalue weighted by molar-refractivity contribution is 0.627. The molecule has 0 aliphatic rings.